The van der Waals surface area contributed by atoms with Crippen molar-refractivity contribution < 1.29 is 18.0 Å². The number of halogens is 3. The Labute approximate surface area is 94.6 Å². The molecule has 0 spiro atoms. The first-order chi connectivity index (χ1) is 7.34. The first-order valence-corrected chi connectivity index (χ1v) is 5.69. The molecular weight excluding hydrogens is 219 g/mol. The lowest BCUT2D eigenvalue weighted by Gasteiger charge is -2.07. The third kappa shape index (κ3) is 8.56. The van der Waals surface area contributed by atoms with E-state index in [1.165, 1.54) is 0 Å². The molecule has 96 valence electrons. The van der Waals surface area contributed by atoms with Gasteiger partial charge in [-0.3, -0.25) is 4.79 Å². The second-order valence-electron chi connectivity index (χ2n) is 4.35. The fourth-order valence-corrected chi connectivity index (χ4v) is 1.33. The molecule has 0 aromatic carbocycles. The number of carbonyl (C=O) groups is 1. The first kappa shape index (κ1) is 15.3. The highest BCUT2D eigenvalue weighted by atomic mass is 19.4. The number of carbonyl (C=O) groups excluding carboxylic acids is 1. The third-order valence-electron chi connectivity index (χ3n) is 2.25. The third-order valence-corrected chi connectivity index (χ3v) is 2.25. The fourth-order valence-electron chi connectivity index (χ4n) is 1.33. The highest BCUT2D eigenvalue weighted by molar-refractivity contribution is 5.81. The standard InChI is InChI=1S/C11H20F3NO/c1-9(2)7-5-3-4-6-8-15-10(16)11(12,13)14/h9H,3-8H2,1-2H3,(H,15,16). The van der Waals surface area contributed by atoms with Gasteiger partial charge in [0.1, 0.15) is 0 Å². The molecule has 1 amide bonds. The van der Waals surface area contributed by atoms with Crippen LogP contribution in [0.25, 0.3) is 0 Å². The summed E-state index contributed by atoms with van der Waals surface area (Å²) in [6, 6.07) is 0. The predicted molar refractivity (Wildman–Crippen MR) is 57.0 cm³/mol. The van der Waals surface area contributed by atoms with Crippen LogP contribution in [0.1, 0.15) is 46.0 Å². The summed E-state index contributed by atoms with van der Waals surface area (Å²) >= 11 is 0. The molecule has 0 aliphatic carbocycles. The number of hydrogen-bond acceptors (Lipinski definition) is 1. The number of hydrogen-bond donors (Lipinski definition) is 1. The number of rotatable bonds is 7. The molecule has 5 heteroatoms. The van der Waals surface area contributed by atoms with Crippen LogP contribution in [0.4, 0.5) is 13.2 Å². The number of unbranched alkanes of at least 4 members (excludes halogenated alkanes) is 3. The van der Waals surface area contributed by atoms with Crippen molar-refractivity contribution in [1.29, 1.82) is 0 Å². The van der Waals surface area contributed by atoms with E-state index in [1.54, 1.807) is 0 Å². The Morgan fingerprint density at radius 2 is 1.69 bits per heavy atom. The molecule has 0 fully saturated rings. The van der Waals surface area contributed by atoms with Crippen LogP contribution in [0, 0.1) is 5.92 Å². The molecule has 0 saturated heterocycles. The normalized spacial score (nSPS) is 11.9. The van der Waals surface area contributed by atoms with Gasteiger partial charge in [0.05, 0.1) is 0 Å². The van der Waals surface area contributed by atoms with E-state index in [-0.39, 0.29) is 6.54 Å². The smallest absolute Gasteiger partial charge is 0.348 e. The maximum atomic E-state index is 11.8. The van der Waals surface area contributed by atoms with E-state index in [2.05, 4.69) is 13.8 Å². The summed E-state index contributed by atoms with van der Waals surface area (Å²) in [7, 11) is 0. The van der Waals surface area contributed by atoms with Gasteiger partial charge in [-0.2, -0.15) is 13.2 Å². The summed E-state index contributed by atoms with van der Waals surface area (Å²) in [6.07, 6.45) is -0.0116. The average molecular weight is 239 g/mol. The van der Waals surface area contributed by atoms with Gasteiger partial charge in [-0.05, 0) is 12.3 Å². The zero-order chi connectivity index (χ0) is 12.6. The summed E-state index contributed by atoms with van der Waals surface area (Å²) in [5.41, 5.74) is 0. The highest BCUT2D eigenvalue weighted by Crippen LogP contribution is 2.14. The van der Waals surface area contributed by atoms with Gasteiger partial charge < -0.3 is 5.32 Å². The molecule has 0 unspecified atom stereocenters. The Balaban J connectivity index is 3.31. The average Bonchev–Trinajstić information content (AvgIpc) is 2.14. The molecule has 0 radical (unpaired) electrons. The summed E-state index contributed by atoms with van der Waals surface area (Å²) < 4.78 is 35.3. The van der Waals surface area contributed by atoms with Crippen molar-refractivity contribution in [2.45, 2.75) is 52.1 Å². The molecular formula is C11H20F3NO. The molecule has 0 aliphatic heterocycles. The Morgan fingerprint density at radius 3 is 2.19 bits per heavy atom. The Bertz CT molecular complexity index is 202. The second-order valence-corrected chi connectivity index (χ2v) is 4.35. The van der Waals surface area contributed by atoms with Crippen molar-refractivity contribution in [1.82, 2.24) is 5.32 Å². The lowest BCUT2D eigenvalue weighted by atomic mass is 10.0. The highest BCUT2D eigenvalue weighted by Gasteiger charge is 2.38. The quantitative estimate of drug-likeness (QED) is 0.679. The van der Waals surface area contributed by atoms with Crippen molar-refractivity contribution in [2.24, 2.45) is 5.92 Å². The van der Waals surface area contributed by atoms with Crippen molar-refractivity contribution in [2.75, 3.05) is 6.54 Å². The minimum Gasteiger partial charge on any atom is -0.348 e. The summed E-state index contributed by atoms with van der Waals surface area (Å²) in [5.74, 6) is -1.17. The van der Waals surface area contributed by atoms with Crippen LogP contribution in [0.2, 0.25) is 0 Å². The topological polar surface area (TPSA) is 29.1 Å². The van der Waals surface area contributed by atoms with Gasteiger partial charge in [0, 0.05) is 6.54 Å². The minimum absolute atomic E-state index is 0.111. The van der Waals surface area contributed by atoms with Crippen molar-refractivity contribution >= 4 is 5.91 Å². The van der Waals surface area contributed by atoms with Crippen molar-refractivity contribution in [3.63, 3.8) is 0 Å². The summed E-state index contributed by atoms with van der Waals surface area (Å²) in [5, 5.41) is 1.86. The molecule has 2 nitrogen and oxygen atoms in total. The van der Waals surface area contributed by atoms with Gasteiger partial charge in [-0.1, -0.05) is 39.5 Å². The molecule has 0 bridgehead atoms. The molecule has 0 rings (SSSR count). The van der Waals surface area contributed by atoms with E-state index in [1.807, 2.05) is 5.32 Å². The van der Waals surface area contributed by atoms with Gasteiger partial charge in [0.2, 0.25) is 0 Å². The van der Waals surface area contributed by atoms with E-state index in [9.17, 15) is 18.0 Å². The minimum atomic E-state index is -4.75. The zero-order valence-corrected chi connectivity index (χ0v) is 9.86. The Kier molecular flexibility index (Phi) is 7.17. The molecule has 0 saturated carbocycles. The van der Waals surface area contributed by atoms with Crippen LogP contribution in [0.5, 0.6) is 0 Å². The Hall–Kier alpha value is -0.740. The number of nitrogens with one attached hydrogen (secondary N) is 1. The van der Waals surface area contributed by atoms with Gasteiger partial charge in [0.15, 0.2) is 0 Å². The van der Waals surface area contributed by atoms with Crippen molar-refractivity contribution in [3.05, 3.63) is 0 Å². The van der Waals surface area contributed by atoms with Crippen LogP contribution < -0.4 is 5.32 Å². The molecule has 16 heavy (non-hydrogen) atoms. The fraction of sp³-hybridized carbons (Fsp3) is 0.909. The maximum absolute atomic E-state index is 11.8. The summed E-state index contributed by atoms with van der Waals surface area (Å²) in [6.45, 7) is 4.40. The van der Waals surface area contributed by atoms with Gasteiger partial charge in [-0.25, -0.2) is 0 Å². The lowest BCUT2D eigenvalue weighted by molar-refractivity contribution is -0.173. The SMILES string of the molecule is CC(C)CCCCCCNC(=O)C(F)(F)F. The molecule has 0 aromatic heterocycles. The van der Waals surface area contributed by atoms with E-state index in [4.69, 9.17) is 0 Å². The molecule has 0 aliphatic rings. The van der Waals surface area contributed by atoms with Crippen LogP contribution in [-0.4, -0.2) is 18.6 Å². The van der Waals surface area contributed by atoms with E-state index in [0.29, 0.717) is 12.3 Å². The first-order valence-electron chi connectivity index (χ1n) is 5.69. The molecule has 1 N–H and O–H groups in total. The monoisotopic (exact) mass is 239 g/mol. The largest absolute Gasteiger partial charge is 0.471 e. The Morgan fingerprint density at radius 1 is 1.12 bits per heavy atom. The zero-order valence-electron chi connectivity index (χ0n) is 9.86. The summed E-state index contributed by atoms with van der Waals surface area (Å²) in [4.78, 5) is 10.4. The number of alkyl halides is 3. The van der Waals surface area contributed by atoms with E-state index >= 15 is 0 Å². The molecule has 0 atom stereocenters. The molecule has 0 aromatic rings. The lowest BCUT2D eigenvalue weighted by Crippen LogP contribution is -2.37. The van der Waals surface area contributed by atoms with Gasteiger partial charge in [0.25, 0.3) is 0 Å². The van der Waals surface area contributed by atoms with Gasteiger partial charge >= 0.3 is 12.1 Å². The van der Waals surface area contributed by atoms with Crippen LogP contribution in [0.3, 0.4) is 0 Å². The maximum Gasteiger partial charge on any atom is 0.471 e. The van der Waals surface area contributed by atoms with E-state index < -0.39 is 12.1 Å². The van der Waals surface area contributed by atoms with Gasteiger partial charge in [-0.15, -0.1) is 0 Å². The molecule has 0 heterocycles. The van der Waals surface area contributed by atoms with Crippen LogP contribution in [-0.2, 0) is 4.79 Å². The van der Waals surface area contributed by atoms with Crippen molar-refractivity contribution in [3.8, 4) is 0 Å². The number of amides is 1. The predicted octanol–water partition coefficient (Wildman–Crippen LogP) is 3.27. The second kappa shape index (κ2) is 7.52. The van der Waals surface area contributed by atoms with Crippen LogP contribution >= 0.6 is 0 Å². The van der Waals surface area contributed by atoms with Crippen LogP contribution in [0.15, 0.2) is 0 Å². The van der Waals surface area contributed by atoms with E-state index in [0.717, 1.165) is 25.7 Å².